The van der Waals surface area contributed by atoms with Crippen molar-refractivity contribution in [3.8, 4) is 0 Å². The Morgan fingerprint density at radius 3 is 1.45 bits per heavy atom. The third-order valence-corrected chi connectivity index (χ3v) is 3.88. The minimum absolute atomic E-state index is 0. The van der Waals surface area contributed by atoms with Crippen molar-refractivity contribution in [2.75, 3.05) is 19.6 Å². The number of hydrogen-bond acceptors (Lipinski definition) is 1. The minimum atomic E-state index is 0. The standard InChI is InChI=1S/C18H38N.Li/c1-4-7-10-11-12-13-14-15-18-19(16-8-5-2)17-9-6-3;/h1,4-18H2,2-3H3;/q-1;+1. The molecular formula is C18H38LiN. The van der Waals surface area contributed by atoms with Gasteiger partial charge in [0.15, 0.2) is 0 Å². The van der Waals surface area contributed by atoms with Crippen LogP contribution in [0.2, 0.25) is 0 Å². The average Bonchev–Trinajstić information content (AvgIpc) is 2.43. The van der Waals surface area contributed by atoms with Crippen LogP contribution < -0.4 is 18.9 Å². The van der Waals surface area contributed by atoms with E-state index in [1.165, 1.54) is 90.3 Å². The molecule has 0 bridgehead atoms. The Bertz CT molecular complexity index is 153. The van der Waals surface area contributed by atoms with Gasteiger partial charge in [-0.25, -0.2) is 0 Å². The molecule has 0 aliphatic rings. The fourth-order valence-electron chi connectivity index (χ4n) is 2.49. The minimum Gasteiger partial charge on any atom is -0.343 e. The zero-order valence-corrected chi connectivity index (χ0v) is 14.8. The van der Waals surface area contributed by atoms with Crippen LogP contribution in [0.1, 0.15) is 90.9 Å². The van der Waals surface area contributed by atoms with Gasteiger partial charge in [0.2, 0.25) is 0 Å². The molecule has 0 saturated heterocycles. The van der Waals surface area contributed by atoms with Crippen LogP contribution in [0.25, 0.3) is 0 Å². The third-order valence-electron chi connectivity index (χ3n) is 3.88. The molecule has 0 rings (SSSR count). The molecular weight excluding hydrogens is 237 g/mol. The van der Waals surface area contributed by atoms with Crippen LogP contribution in [-0.4, -0.2) is 24.5 Å². The van der Waals surface area contributed by atoms with Gasteiger partial charge >= 0.3 is 18.9 Å². The quantitative estimate of drug-likeness (QED) is 0.252. The van der Waals surface area contributed by atoms with Crippen LogP contribution in [0.3, 0.4) is 0 Å². The van der Waals surface area contributed by atoms with Crippen molar-refractivity contribution in [3.63, 3.8) is 0 Å². The number of nitrogens with zero attached hydrogens (tertiary/aromatic N) is 1. The molecule has 0 N–H and O–H groups in total. The smallest absolute Gasteiger partial charge is 0.343 e. The molecule has 0 radical (unpaired) electrons. The molecule has 0 aliphatic heterocycles. The van der Waals surface area contributed by atoms with Gasteiger partial charge in [0.05, 0.1) is 0 Å². The molecule has 1 nitrogen and oxygen atoms in total. The molecule has 0 heterocycles. The van der Waals surface area contributed by atoms with Crippen molar-refractivity contribution >= 4 is 0 Å². The largest absolute Gasteiger partial charge is 1.00 e. The molecule has 116 valence electrons. The Kier molecular flexibility index (Phi) is 22.3. The van der Waals surface area contributed by atoms with E-state index in [2.05, 4.69) is 25.7 Å². The van der Waals surface area contributed by atoms with Gasteiger partial charge in [-0.05, 0) is 38.9 Å². The molecule has 0 aromatic carbocycles. The Morgan fingerprint density at radius 2 is 1.00 bits per heavy atom. The van der Waals surface area contributed by atoms with Crippen LogP contribution in [0.15, 0.2) is 0 Å². The monoisotopic (exact) mass is 275 g/mol. The topological polar surface area (TPSA) is 3.24 Å². The maximum Gasteiger partial charge on any atom is 1.00 e. The van der Waals surface area contributed by atoms with E-state index >= 15 is 0 Å². The molecule has 0 aromatic rings. The first-order valence-electron chi connectivity index (χ1n) is 8.86. The molecule has 0 spiro atoms. The summed E-state index contributed by atoms with van der Waals surface area (Å²) in [6.07, 6.45) is 16.4. The van der Waals surface area contributed by atoms with Crippen molar-refractivity contribution < 1.29 is 18.9 Å². The number of unbranched alkanes of at least 4 members (excludes halogenated alkanes) is 9. The SMILES string of the molecule is [CH2-]CCCCCCCCCN(CCCC)CCCC.[Li+]. The maximum absolute atomic E-state index is 3.90. The van der Waals surface area contributed by atoms with Gasteiger partial charge in [0, 0.05) is 0 Å². The Morgan fingerprint density at radius 1 is 0.600 bits per heavy atom. The van der Waals surface area contributed by atoms with Crippen LogP contribution >= 0.6 is 0 Å². The number of hydrogen-bond donors (Lipinski definition) is 0. The molecule has 0 saturated carbocycles. The summed E-state index contributed by atoms with van der Waals surface area (Å²) in [5.74, 6) is 0. The van der Waals surface area contributed by atoms with Gasteiger partial charge in [-0.1, -0.05) is 65.2 Å². The summed E-state index contributed by atoms with van der Waals surface area (Å²) in [6, 6.07) is 0. The van der Waals surface area contributed by atoms with Gasteiger partial charge in [-0.3, -0.25) is 0 Å². The second kappa shape index (κ2) is 19.6. The van der Waals surface area contributed by atoms with Crippen molar-refractivity contribution in [1.29, 1.82) is 0 Å². The van der Waals surface area contributed by atoms with E-state index in [-0.39, 0.29) is 18.9 Å². The second-order valence-corrected chi connectivity index (χ2v) is 5.88. The van der Waals surface area contributed by atoms with Gasteiger partial charge in [-0.15, -0.1) is 0 Å². The van der Waals surface area contributed by atoms with Crippen molar-refractivity contribution in [3.05, 3.63) is 6.92 Å². The van der Waals surface area contributed by atoms with E-state index in [1.807, 2.05) is 0 Å². The Balaban J connectivity index is 0. The van der Waals surface area contributed by atoms with Gasteiger partial charge in [-0.2, -0.15) is 6.42 Å². The summed E-state index contributed by atoms with van der Waals surface area (Å²) in [4.78, 5) is 2.69. The molecule has 0 atom stereocenters. The van der Waals surface area contributed by atoms with Crippen molar-refractivity contribution in [2.45, 2.75) is 90.9 Å². The summed E-state index contributed by atoms with van der Waals surface area (Å²) < 4.78 is 0. The summed E-state index contributed by atoms with van der Waals surface area (Å²) in [6.45, 7) is 12.5. The molecule has 0 fully saturated rings. The van der Waals surface area contributed by atoms with E-state index in [0.29, 0.717) is 0 Å². The van der Waals surface area contributed by atoms with Crippen molar-refractivity contribution in [2.24, 2.45) is 0 Å². The first kappa shape index (κ1) is 22.8. The Hall–Kier alpha value is 0.557. The predicted molar refractivity (Wildman–Crippen MR) is 88.5 cm³/mol. The average molecular weight is 275 g/mol. The summed E-state index contributed by atoms with van der Waals surface area (Å²) >= 11 is 0. The van der Waals surface area contributed by atoms with Gasteiger partial charge in [0.25, 0.3) is 0 Å². The van der Waals surface area contributed by atoms with E-state index < -0.39 is 0 Å². The number of rotatable bonds is 15. The third kappa shape index (κ3) is 16.6. The predicted octanol–water partition coefficient (Wildman–Crippen LogP) is 2.85. The van der Waals surface area contributed by atoms with E-state index in [1.54, 1.807) is 0 Å². The van der Waals surface area contributed by atoms with E-state index in [0.717, 1.165) is 6.42 Å². The summed E-state index contributed by atoms with van der Waals surface area (Å²) in [7, 11) is 0. The van der Waals surface area contributed by atoms with Crippen LogP contribution in [-0.2, 0) is 0 Å². The summed E-state index contributed by atoms with van der Waals surface area (Å²) in [5, 5.41) is 0. The first-order valence-corrected chi connectivity index (χ1v) is 8.86. The van der Waals surface area contributed by atoms with Crippen LogP contribution in [0.4, 0.5) is 0 Å². The summed E-state index contributed by atoms with van der Waals surface area (Å²) in [5.41, 5.74) is 0. The first-order chi connectivity index (χ1) is 9.35. The fraction of sp³-hybridized carbons (Fsp3) is 0.944. The zero-order chi connectivity index (χ0) is 14.2. The Labute approximate surface area is 141 Å². The van der Waals surface area contributed by atoms with Gasteiger partial charge < -0.3 is 11.8 Å². The van der Waals surface area contributed by atoms with E-state index in [9.17, 15) is 0 Å². The second-order valence-electron chi connectivity index (χ2n) is 5.88. The normalized spacial score (nSPS) is 10.8. The van der Waals surface area contributed by atoms with Crippen molar-refractivity contribution in [1.82, 2.24) is 4.90 Å². The molecule has 0 unspecified atom stereocenters. The van der Waals surface area contributed by atoms with Crippen LogP contribution in [0, 0.1) is 6.92 Å². The van der Waals surface area contributed by atoms with E-state index in [4.69, 9.17) is 0 Å². The molecule has 0 aliphatic carbocycles. The molecule has 2 heteroatoms. The zero-order valence-electron chi connectivity index (χ0n) is 14.8. The fourth-order valence-corrected chi connectivity index (χ4v) is 2.49. The molecule has 0 aromatic heterocycles. The van der Waals surface area contributed by atoms with Gasteiger partial charge in [0.1, 0.15) is 0 Å². The molecule has 20 heavy (non-hydrogen) atoms. The van der Waals surface area contributed by atoms with Crippen LogP contribution in [0.5, 0.6) is 0 Å². The maximum atomic E-state index is 3.90. The molecule has 0 amide bonds.